The SMILES string of the molecule is CCN(CC)CCCNC(=O)[C@@H]1c2ccccc2C(=O)N(CCOC)[C@H]1c1cccs1. The number of carbonyl (C=O) groups is 2. The van der Waals surface area contributed by atoms with Crippen molar-refractivity contribution in [1.29, 1.82) is 0 Å². The third kappa shape index (κ3) is 5.34. The number of ether oxygens (including phenoxy) is 1. The Morgan fingerprint density at radius 1 is 1.19 bits per heavy atom. The van der Waals surface area contributed by atoms with E-state index in [4.69, 9.17) is 4.74 Å². The summed E-state index contributed by atoms with van der Waals surface area (Å²) >= 11 is 1.58. The Morgan fingerprint density at radius 2 is 1.97 bits per heavy atom. The van der Waals surface area contributed by atoms with Crippen LogP contribution in [0.15, 0.2) is 41.8 Å². The third-order valence-corrected chi connectivity index (χ3v) is 6.88. The molecule has 168 valence electrons. The van der Waals surface area contributed by atoms with E-state index in [1.807, 2.05) is 41.8 Å². The van der Waals surface area contributed by atoms with Gasteiger partial charge in [-0.25, -0.2) is 0 Å². The molecule has 1 aromatic carbocycles. The van der Waals surface area contributed by atoms with E-state index in [9.17, 15) is 9.59 Å². The highest BCUT2D eigenvalue weighted by atomic mass is 32.1. The molecule has 0 bridgehead atoms. The van der Waals surface area contributed by atoms with Gasteiger partial charge in [-0.05, 0) is 49.1 Å². The van der Waals surface area contributed by atoms with Crippen LogP contribution in [0.1, 0.15) is 53.0 Å². The van der Waals surface area contributed by atoms with Crippen LogP contribution in [-0.4, -0.2) is 68.1 Å². The van der Waals surface area contributed by atoms with Crippen LogP contribution in [0.5, 0.6) is 0 Å². The highest BCUT2D eigenvalue weighted by Gasteiger charge is 2.44. The Morgan fingerprint density at radius 3 is 2.65 bits per heavy atom. The number of hydrogen-bond acceptors (Lipinski definition) is 5. The maximum absolute atomic E-state index is 13.5. The van der Waals surface area contributed by atoms with Crippen molar-refractivity contribution in [3.05, 3.63) is 57.8 Å². The van der Waals surface area contributed by atoms with Gasteiger partial charge in [-0.1, -0.05) is 38.1 Å². The van der Waals surface area contributed by atoms with Crippen molar-refractivity contribution in [1.82, 2.24) is 15.1 Å². The number of fused-ring (bicyclic) bond motifs is 1. The fourth-order valence-corrected chi connectivity index (χ4v) is 5.12. The van der Waals surface area contributed by atoms with Crippen molar-refractivity contribution in [3.8, 4) is 0 Å². The summed E-state index contributed by atoms with van der Waals surface area (Å²) in [5.41, 5.74) is 1.41. The molecule has 2 amide bonds. The fourth-order valence-electron chi connectivity index (χ4n) is 4.25. The largest absolute Gasteiger partial charge is 0.383 e. The molecule has 0 radical (unpaired) electrons. The Balaban J connectivity index is 1.87. The first kappa shape index (κ1) is 23.4. The van der Waals surface area contributed by atoms with E-state index in [-0.39, 0.29) is 17.9 Å². The summed E-state index contributed by atoms with van der Waals surface area (Å²) in [5.74, 6) is -0.519. The molecule has 0 aliphatic carbocycles. The van der Waals surface area contributed by atoms with Crippen LogP contribution in [0.2, 0.25) is 0 Å². The molecule has 0 saturated carbocycles. The van der Waals surface area contributed by atoms with E-state index < -0.39 is 5.92 Å². The number of thiophene rings is 1. The summed E-state index contributed by atoms with van der Waals surface area (Å²) in [6, 6.07) is 11.2. The number of hydrogen-bond donors (Lipinski definition) is 1. The van der Waals surface area contributed by atoms with Gasteiger partial charge in [0, 0.05) is 30.6 Å². The number of methoxy groups -OCH3 is 1. The van der Waals surface area contributed by atoms with Crippen molar-refractivity contribution < 1.29 is 14.3 Å². The molecule has 1 aliphatic rings. The third-order valence-electron chi connectivity index (χ3n) is 5.94. The lowest BCUT2D eigenvalue weighted by Gasteiger charge is -2.41. The zero-order chi connectivity index (χ0) is 22.2. The number of nitrogens with zero attached hydrogens (tertiary/aromatic N) is 2. The van der Waals surface area contributed by atoms with Crippen LogP contribution in [0.25, 0.3) is 0 Å². The van der Waals surface area contributed by atoms with E-state index in [0.717, 1.165) is 36.5 Å². The Labute approximate surface area is 189 Å². The first-order valence-electron chi connectivity index (χ1n) is 11.0. The minimum Gasteiger partial charge on any atom is -0.383 e. The predicted molar refractivity (Wildman–Crippen MR) is 125 cm³/mol. The van der Waals surface area contributed by atoms with E-state index in [2.05, 4.69) is 24.1 Å². The monoisotopic (exact) mass is 443 g/mol. The van der Waals surface area contributed by atoms with Gasteiger partial charge in [0.1, 0.15) is 0 Å². The fraction of sp³-hybridized carbons (Fsp3) is 0.500. The molecule has 1 aromatic heterocycles. The van der Waals surface area contributed by atoms with Crippen molar-refractivity contribution in [3.63, 3.8) is 0 Å². The summed E-state index contributed by atoms with van der Waals surface area (Å²) in [4.78, 5) is 32.0. The van der Waals surface area contributed by atoms with E-state index in [1.165, 1.54) is 0 Å². The topological polar surface area (TPSA) is 61.9 Å². The molecular weight excluding hydrogens is 410 g/mol. The molecule has 0 saturated heterocycles. The van der Waals surface area contributed by atoms with Gasteiger partial charge in [-0.15, -0.1) is 11.3 Å². The second kappa shape index (κ2) is 11.4. The maximum Gasteiger partial charge on any atom is 0.254 e. The van der Waals surface area contributed by atoms with Gasteiger partial charge in [-0.3, -0.25) is 9.59 Å². The van der Waals surface area contributed by atoms with Gasteiger partial charge in [0.2, 0.25) is 5.91 Å². The van der Waals surface area contributed by atoms with Crippen molar-refractivity contribution in [2.45, 2.75) is 32.2 Å². The summed E-state index contributed by atoms with van der Waals surface area (Å²) in [7, 11) is 1.63. The number of rotatable bonds is 11. The highest BCUT2D eigenvalue weighted by molar-refractivity contribution is 7.10. The van der Waals surface area contributed by atoms with E-state index >= 15 is 0 Å². The lowest BCUT2D eigenvalue weighted by atomic mass is 9.81. The smallest absolute Gasteiger partial charge is 0.254 e. The van der Waals surface area contributed by atoms with E-state index in [1.54, 1.807) is 23.3 Å². The Kier molecular flexibility index (Phi) is 8.63. The van der Waals surface area contributed by atoms with Crippen molar-refractivity contribution >= 4 is 23.2 Å². The number of benzene rings is 1. The van der Waals surface area contributed by atoms with Gasteiger partial charge >= 0.3 is 0 Å². The standard InChI is InChI=1S/C24H33N3O3S/c1-4-26(5-2)14-9-13-25-23(28)21-18-10-6-7-11-19(18)24(29)27(15-16-30-3)22(21)20-12-8-17-31-20/h6-8,10-12,17,21-22H,4-5,9,13-16H2,1-3H3,(H,25,28)/t21-,22+/m1/s1. The molecule has 3 rings (SSSR count). The first-order chi connectivity index (χ1) is 15.1. The molecule has 7 heteroatoms. The summed E-state index contributed by atoms with van der Waals surface area (Å²) in [6.45, 7) is 8.77. The second-order valence-electron chi connectivity index (χ2n) is 7.69. The Bertz CT molecular complexity index is 852. The summed E-state index contributed by atoms with van der Waals surface area (Å²) in [5, 5.41) is 5.14. The van der Waals surface area contributed by atoms with Crippen LogP contribution in [0, 0.1) is 0 Å². The van der Waals surface area contributed by atoms with Gasteiger partial charge in [0.05, 0.1) is 18.6 Å². The zero-order valence-electron chi connectivity index (χ0n) is 18.7. The number of amides is 2. The van der Waals surface area contributed by atoms with Crippen molar-refractivity contribution in [2.75, 3.05) is 46.4 Å². The molecule has 1 N–H and O–H groups in total. The summed E-state index contributed by atoms with van der Waals surface area (Å²) in [6.07, 6.45) is 0.901. The van der Waals surface area contributed by atoms with Crippen LogP contribution in [-0.2, 0) is 9.53 Å². The summed E-state index contributed by atoms with van der Waals surface area (Å²) < 4.78 is 5.27. The van der Waals surface area contributed by atoms with Crippen LogP contribution in [0.4, 0.5) is 0 Å². The molecule has 2 atom stereocenters. The minimum absolute atomic E-state index is 0.0275. The minimum atomic E-state index is -0.446. The predicted octanol–water partition coefficient (Wildman–Crippen LogP) is 3.52. The molecular formula is C24H33N3O3S. The Hall–Kier alpha value is -2.22. The van der Waals surface area contributed by atoms with E-state index in [0.29, 0.717) is 25.3 Å². The highest BCUT2D eigenvalue weighted by Crippen LogP contribution is 2.44. The van der Waals surface area contributed by atoms with Crippen LogP contribution >= 0.6 is 11.3 Å². The van der Waals surface area contributed by atoms with Gasteiger partial charge in [-0.2, -0.15) is 0 Å². The first-order valence-corrected chi connectivity index (χ1v) is 11.9. The molecule has 1 aliphatic heterocycles. The second-order valence-corrected chi connectivity index (χ2v) is 8.67. The average Bonchev–Trinajstić information content (AvgIpc) is 3.33. The van der Waals surface area contributed by atoms with Gasteiger partial charge in [0.25, 0.3) is 5.91 Å². The maximum atomic E-state index is 13.5. The van der Waals surface area contributed by atoms with Gasteiger partial charge in [0.15, 0.2) is 0 Å². The molecule has 0 unspecified atom stereocenters. The normalized spacial score (nSPS) is 18.3. The molecule has 0 fully saturated rings. The van der Waals surface area contributed by atoms with Crippen LogP contribution < -0.4 is 5.32 Å². The lowest BCUT2D eigenvalue weighted by molar-refractivity contribution is -0.124. The number of nitrogens with one attached hydrogen (secondary N) is 1. The molecule has 31 heavy (non-hydrogen) atoms. The molecule has 2 aromatic rings. The molecule has 0 spiro atoms. The zero-order valence-corrected chi connectivity index (χ0v) is 19.5. The number of carbonyl (C=O) groups excluding carboxylic acids is 2. The lowest BCUT2D eigenvalue weighted by Crippen LogP contribution is -2.48. The quantitative estimate of drug-likeness (QED) is 0.540. The average molecular weight is 444 g/mol. The molecule has 6 nitrogen and oxygen atoms in total. The van der Waals surface area contributed by atoms with Gasteiger partial charge < -0.3 is 19.9 Å². The molecule has 2 heterocycles. The van der Waals surface area contributed by atoms with Crippen LogP contribution in [0.3, 0.4) is 0 Å². The van der Waals surface area contributed by atoms with Crippen molar-refractivity contribution in [2.24, 2.45) is 0 Å².